The van der Waals surface area contributed by atoms with Crippen LogP contribution >= 0.6 is 23.2 Å². The summed E-state index contributed by atoms with van der Waals surface area (Å²) in [6.45, 7) is 2.26. The molecule has 8 heteroatoms. The molecule has 0 aliphatic carbocycles. The fourth-order valence-electron chi connectivity index (χ4n) is 2.21. The molecule has 4 N–H and O–H groups in total. The predicted molar refractivity (Wildman–Crippen MR) is 101 cm³/mol. The van der Waals surface area contributed by atoms with Gasteiger partial charge in [-0.1, -0.05) is 29.3 Å². The molecule has 1 atom stereocenters. The van der Waals surface area contributed by atoms with Crippen LogP contribution in [0.15, 0.2) is 42.5 Å². The SMILES string of the molecule is COc1ccc(OCC(O)C[NH2+]CCNc2c(Cl)cccc2Cl)cc1.[Cl-]. The number of rotatable bonds is 10. The third-order valence-corrected chi connectivity index (χ3v) is 4.18. The lowest BCUT2D eigenvalue weighted by Crippen LogP contribution is -3.00. The monoisotopic (exact) mass is 420 g/mol. The second-order valence-electron chi connectivity index (χ2n) is 5.48. The van der Waals surface area contributed by atoms with Crippen molar-refractivity contribution in [1.82, 2.24) is 0 Å². The van der Waals surface area contributed by atoms with Crippen molar-refractivity contribution in [3.05, 3.63) is 52.5 Å². The minimum atomic E-state index is -0.550. The first-order valence-corrected chi connectivity index (χ1v) is 8.80. The molecule has 2 rings (SSSR count). The number of nitrogens with two attached hydrogens (primary N) is 1. The third-order valence-electron chi connectivity index (χ3n) is 3.55. The van der Waals surface area contributed by atoms with Gasteiger partial charge in [-0.3, -0.25) is 0 Å². The van der Waals surface area contributed by atoms with E-state index in [0.29, 0.717) is 28.9 Å². The maximum absolute atomic E-state index is 9.97. The summed E-state index contributed by atoms with van der Waals surface area (Å²) >= 11 is 12.2. The van der Waals surface area contributed by atoms with Crippen molar-refractivity contribution in [3.63, 3.8) is 0 Å². The number of aliphatic hydroxyl groups is 1. The van der Waals surface area contributed by atoms with Gasteiger partial charge in [0.2, 0.25) is 0 Å². The van der Waals surface area contributed by atoms with Crippen LogP contribution in [-0.4, -0.2) is 44.6 Å². The van der Waals surface area contributed by atoms with Crippen LogP contribution in [-0.2, 0) is 0 Å². The van der Waals surface area contributed by atoms with Crippen LogP contribution in [0.1, 0.15) is 0 Å². The van der Waals surface area contributed by atoms with Crippen LogP contribution in [0.5, 0.6) is 11.5 Å². The van der Waals surface area contributed by atoms with Crippen molar-refractivity contribution in [2.24, 2.45) is 0 Å². The van der Waals surface area contributed by atoms with Gasteiger partial charge >= 0.3 is 0 Å². The highest BCUT2D eigenvalue weighted by molar-refractivity contribution is 6.39. The molecule has 0 saturated carbocycles. The van der Waals surface area contributed by atoms with Crippen LogP contribution in [0, 0.1) is 0 Å². The van der Waals surface area contributed by atoms with Gasteiger partial charge in [0, 0.05) is 0 Å². The van der Waals surface area contributed by atoms with Crippen molar-refractivity contribution in [2.45, 2.75) is 6.10 Å². The Balaban J connectivity index is 0.00000338. The van der Waals surface area contributed by atoms with Crippen molar-refractivity contribution in [2.75, 3.05) is 38.7 Å². The topological polar surface area (TPSA) is 67.3 Å². The summed E-state index contributed by atoms with van der Waals surface area (Å²) in [5.74, 6) is 1.47. The van der Waals surface area contributed by atoms with Crippen molar-refractivity contribution in [3.8, 4) is 11.5 Å². The first kappa shape index (κ1) is 22.7. The van der Waals surface area contributed by atoms with E-state index < -0.39 is 6.10 Å². The largest absolute Gasteiger partial charge is 1.00 e. The second-order valence-corrected chi connectivity index (χ2v) is 6.29. The lowest BCUT2D eigenvalue weighted by atomic mass is 10.3. The Labute approximate surface area is 170 Å². The fraction of sp³-hybridized carbons (Fsp3) is 0.333. The molecule has 144 valence electrons. The molecule has 26 heavy (non-hydrogen) atoms. The average molecular weight is 422 g/mol. The summed E-state index contributed by atoms with van der Waals surface area (Å²) in [4.78, 5) is 0. The van der Waals surface area contributed by atoms with Gasteiger partial charge in [0.25, 0.3) is 0 Å². The lowest BCUT2D eigenvalue weighted by Gasteiger charge is -2.13. The number of benzene rings is 2. The summed E-state index contributed by atoms with van der Waals surface area (Å²) in [6, 6.07) is 12.7. The van der Waals surface area contributed by atoms with E-state index in [1.54, 1.807) is 25.3 Å². The van der Waals surface area contributed by atoms with Crippen molar-refractivity contribution in [1.29, 1.82) is 0 Å². The molecule has 0 aromatic heterocycles. The Morgan fingerprint density at radius 2 is 1.69 bits per heavy atom. The molecule has 0 fully saturated rings. The number of anilines is 1. The Bertz CT molecular complexity index is 636. The predicted octanol–water partition coefficient (Wildman–Crippen LogP) is -0.579. The Morgan fingerprint density at radius 3 is 2.31 bits per heavy atom. The molecule has 0 radical (unpaired) electrons. The minimum absolute atomic E-state index is 0. The summed E-state index contributed by atoms with van der Waals surface area (Å²) < 4.78 is 10.6. The molecule has 1 unspecified atom stereocenters. The van der Waals surface area contributed by atoms with Gasteiger partial charge in [-0.05, 0) is 36.4 Å². The minimum Gasteiger partial charge on any atom is -1.00 e. The molecule has 2 aromatic carbocycles. The van der Waals surface area contributed by atoms with E-state index in [-0.39, 0.29) is 19.0 Å². The molecule has 5 nitrogen and oxygen atoms in total. The smallest absolute Gasteiger partial charge is 0.137 e. The molecule has 0 heterocycles. The van der Waals surface area contributed by atoms with Crippen LogP contribution in [0.2, 0.25) is 10.0 Å². The molecular formula is C18H23Cl3N2O3. The highest BCUT2D eigenvalue weighted by atomic mass is 35.5. The van der Waals surface area contributed by atoms with E-state index in [4.69, 9.17) is 32.7 Å². The zero-order valence-electron chi connectivity index (χ0n) is 14.4. The second kappa shape index (κ2) is 12.1. The van der Waals surface area contributed by atoms with E-state index in [1.165, 1.54) is 0 Å². The van der Waals surface area contributed by atoms with E-state index in [2.05, 4.69) is 5.32 Å². The van der Waals surface area contributed by atoms with Gasteiger partial charge in [0.05, 0.1) is 35.9 Å². The van der Waals surface area contributed by atoms with Crippen LogP contribution in [0.3, 0.4) is 0 Å². The number of aliphatic hydroxyl groups excluding tert-OH is 1. The Hall–Kier alpha value is -1.37. The third kappa shape index (κ3) is 7.48. The number of para-hydroxylation sites is 1. The number of quaternary nitrogens is 1. The lowest BCUT2D eigenvalue weighted by molar-refractivity contribution is -0.658. The summed E-state index contributed by atoms with van der Waals surface area (Å²) in [6.07, 6.45) is -0.550. The van der Waals surface area contributed by atoms with Gasteiger partial charge < -0.3 is 37.6 Å². The molecule has 0 amide bonds. The maximum atomic E-state index is 9.97. The average Bonchev–Trinajstić information content (AvgIpc) is 2.62. The van der Waals surface area contributed by atoms with Crippen LogP contribution < -0.4 is 32.5 Å². The number of hydrogen-bond acceptors (Lipinski definition) is 4. The van der Waals surface area contributed by atoms with Crippen LogP contribution in [0.4, 0.5) is 5.69 Å². The highest BCUT2D eigenvalue weighted by Crippen LogP contribution is 2.29. The van der Waals surface area contributed by atoms with Gasteiger partial charge in [-0.25, -0.2) is 0 Å². The van der Waals surface area contributed by atoms with Crippen molar-refractivity contribution < 1.29 is 32.3 Å². The number of halogens is 3. The maximum Gasteiger partial charge on any atom is 0.137 e. The van der Waals surface area contributed by atoms with Gasteiger partial charge in [0.1, 0.15) is 30.8 Å². The normalized spacial score (nSPS) is 11.4. The first-order valence-electron chi connectivity index (χ1n) is 8.04. The van der Waals surface area contributed by atoms with E-state index in [0.717, 1.165) is 18.0 Å². The van der Waals surface area contributed by atoms with E-state index in [9.17, 15) is 5.11 Å². The standard InChI is InChI=1S/C18H22Cl2N2O3.ClH/c1-24-14-5-7-15(8-6-14)25-12-13(23)11-21-9-10-22-18-16(19)3-2-4-17(18)20;/h2-8,13,21-23H,9-12H2,1H3;1H. The molecular weight excluding hydrogens is 399 g/mol. The summed E-state index contributed by atoms with van der Waals surface area (Å²) in [7, 11) is 1.62. The van der Waals surface area contributed by atoms with Gasteiger partial charge in [-0.15, -0.1) is 0 Å². The molecule has 0 aliphatic heterocycles. The number of hydrogen-bond donors (Lipinski definition) is 3. The fourth-order valence-corrected chi connectivity index (χ4v) is 2.74. The van der Waals surface area contributed by atoms with Gasteiger partial charge in [0.15, 0.2) is 0 Å². The Morgan fingerprint density at radius 1 is 1.08 bits per heavy atom. The highest BCUT2D eigenvalue weighted by Gasteiger charge is 2.08. The molecule has 0 bridgehead atoms. The quantitative estimate of drug-likeness (QED) is 0.449. The van der Waals surface area contributed by atoms with Crippen molar-refractivity contribution >= 4 is 28.9 Å². The molecule has 0 saturated heterocycles. The van der Waals surface area contributed by atoms with Gasteiger partial charge in [-0.2, -0.15) is 0 Å². The first-order chi connectivity index (χ1) is 12.1. The summed E-state index contributed by atoms with van der Waals surface area (Å²) in [5, 5.41) is 16.4. The van der Waals surface area contributed by atoms with E-state index in [1.807, 2.05) is 29.6 Å². The summed E-state index contributed by atoms with van der Waals surface area (Å²) in [5.41, 5.74) is 0.739. The number of methoxy groups -OCH3 is 1. The zero-order valence-corrected chi connectivity index (χ0v) is 16.7. The Kier molecular flexibility index (Phi) is 10.5. The molecule has 0 aliphatic rings. The number of nitrogens with one attached hydrogen (secondary N) is 1. The molecule has 0 spiro atoms. The van der Waals surface area contributed by atoms with E-state index >= 15 is 0 Å². The molecule has 2 aromatic rings. The number of ether oxygens (including phenoxy) is 2. The zero-order chi connectivity index (χ0) is 18.1. The van der Waals surface area contributed by atoms with Crippen LogP contribution in [0.25, 0.3) is 0 Å².